The van der Waals surface area contributed by atoms with Crippen molar-refractivity contribution < 1.29 is 19.4 Å². The largest absolute Gasteiger partial charge is 0.479 e. The number of halogens is 1. The second kappa shape index (κ2) is 7.38. The summed E-state index contributed by atoms with van der Waals surface area (Å²) in [5.74, 6) is -1.17. The van der Waals surface area contributed by atoms with Crippen LogP contribution in [-0.4, -0.2) is 35.7 Å². The fourth-order valence-corrected chi connectivity index (χ4v) is 2.51. The third-order valence-electron chi connectivity index (χ3n) is 3.16. The zero-order valence-electron chi connectivity index (χ0n) is 11.3. The predicted molar refractivity (Wildman–Crippen MR) is 81.7 cm³/mol. The molecule has 1 aromatic carbocycles. The molecule has 0 saturated carbocycles. The normalized spacial score (nSPS) is 21.6. The van der Waals surface area contributed by atoms with Gasteiger partial charge in [-0.05, 0) is 36.6 Å². The lowest BCUT2D eigenvalue weighted by Crippen LogP contribution is -2.32. The van der Waals surface area contributed by atoms with Crippen LogP contribution in [0, 0.1) is 0 Å². The van der Waals surface area contributed by atoms with Crippen LogP contribution in [0.15, 0.2) is 34.8 Å². The Morgan fingerprint density at radius 3 is 2.90 bits per heavy atom. The van der Waals surface area contributed by atoms with Crippen molar-refractivity contribution in [3.05, 3.63) is 40.4 Å². The quantitative estimate of drug-likeness (QED) is 0.795. The number of hydrogen-bond acceptors (Lipinski definition) is 3. The molecule has 0 radical (unpaired) electrons. The molecule has 1 aliphatic rings. The Morgan fingerprint density at radius 2 is 2.24 bits per heavy atom. The second-order valence-electron chi connectivity index (χ2n) is 4.80. The van der Waals surface area contributed by atoms with Gasteiger partial charge in [-0.15, -0.1) is 0 Å². The molecule has 2 unspecified atom stereocenters. The lowest BCUT2D eigenvalue weighted by atomic mass is 10.2. The standard InChI is InChI=1S/C15H16BrNO4/c16-11-3-1-2-10(8-11)4-7-14(18)17-9-12-5-6-13(21-12)15(19)20/h1-4,7-8,12-13H,5-6,9H2,(H,17,18)(H,19,20)/b7-4+. The Labute approximate surface area is 131 Å². The molecule has 0 aliphatic carbocycles. The van der Waals surface area contributed by atoms with E-state index in [2.05, 4.69) is 21.2 Å². The van der Waals surface area contributed by atoms with Crippen LogP contribution in [0.25, 0.3) is 6.08 Å². The van der Waals surface area contributed by atoms with Crippen LogP contribution >= 0.6 is 15.9 Å². The fraction of sp³-hybridized carbons (Fsp3) is 0.333. The summed E-state index contributed by atoms with van der Waals surface area (Å²) < 4.78 is 6.26. The van der Waals surface area contributed by atoms with E-state index in [0.29, 0.717) is 19.4 Å². The Kier molecular flexibility index (Phi) is 5.52. The molecule has 2 atom stereocenters. The van der Waals surface area contributed by atoms with Crippen LogP contribution in [0.1, 0.15) is 18.4 Å². The van der Waals surface area contributed by atoms with Crippen molar-refractivity contribution in [1.29, 1.82) is 0 Å². The van der Waals surface area contributed by atoms with Crippen LogP contribution < -0.4 is 5.32 Å². The molecule has 1 amide bonds. The maximum Gasteiger partial charge on any atom is 0.332 e. The molecule has 1 aliphatic heterocycles. The highest BCUT2D eigenvalue weighted by Crippen LogP contribution is 2.19. The zero-order chi connectivity index (χ0) is 15.2. The van der Waals surface area contributed by atoms with Gasteiger partial charge < -0.3 is 15.2 Å². The number of hydrogen-bond donors (Lipinski definition) is 2. The summed E-state index contributed by atoms with van der Waals surface area (Å²) in [4.78, 5) is 22.4. The van der Waals surface area contributed by atoms with Crippen molar-refractivity contribution in [2.24, 2.45) is 0 Å². The monoisotopic (exact) mass is 353 g/mol. The minimum absolute atomic E-state index is 0.225. The zero-order valence-corrected chi connectivity index (χ0v) is 12.9. The number of carboxylic acid groups (broad SMARTS) is 1. The van der Waals surface area contributed by atoms with Gasteiger partial charge in [0.05, 0.1) is 6.10 Å². The Morgan fingerprint density at radius 1 is 1.43 bits per heavy atom. The molecule has 2 N–H and O–H groups in total. The summed E-state index contributed by atoms with van der Waals surface area (Å²) in [5.41, 5.74) is 0.919. The van der Waals surface area contributed by atoms with Crippen molar-refractivity contribution in [3.8, 4) is 0 Å². The van der Waals surface area contributed by atoms with E-state index in [-0.39, 0.29) is 12.0 Å². The van der Waals surface area contributed by atoms with E-state index in [1.165, 1.54) is 6.08 Å². The van der Waals surface area contributed by atoms with Crippen molar-refractivity contribution >= 4 is 33.9 Å². The molecule has 1 heterocycles. The van der Waals surface area contributed by atoms with E-state index in [1.54, 1.807) is 6.08 Å². The minimum atomic E-state index is -0.946. The molecule has 112 valence electrons. The molecule has 1 aromatic rings. The summed E-state index contributed by atoms with van der Waals surface area (Å²) in [6.07, 6.45) is 3.33. The fourth-order valence-electron chi connectivity index (χ4n) is 2.09. The molecule has 1 fully saturated rings. The Balaban J connectivity index is 1.76. The molecule has 6 heteroatoms. The van der Waals surface area contributed by atoms with Crippen LogP contribution in [0.3, 0.4) is 0 Å². The first-order valence-corrected chi connectivity index (χ1v) is 7.43. The maximum atomic E-state index is 11.7. The SMILES string of the molecule is O=C(/C=C/c1cccc(Br)c1)NCC1CCC(C(=O)O)O1. The van der Waals surface area contributed by atoms with E-state index in [0.717, 1.165) is 10.0 Å². The van der Waals surface area contributed by atoms with Gasteiger partial charge in [-0.25, -0.2) is 4.79 Å². The molecule has 21 heavy (non-hydrogen) atoms. The number of aliphatic carboxylic acids is 1. The first-order valence-electron chi connectivity index (χ1n) is 6.64. The van der Waals surface area contributed by atoms with Gasteiger partial charge >= 0.3 is 5.97 Å². The highest BCUT2D eigenvalue weighted by atomic mass is 79.9. The highest BCUT2D eigenvalue weighted by molar-refractivity contribution is 9.10. The smallest absolute Gasteiger partial charge is 0.332 e. The third-order valence-corrected chi connectivity index (χ3v) is 3.66. The number of benzene rings is 1. The van der Waals surface area contributed by atoms with Crippen molar-refractivity contribution in [2.45, 2.75) is 25.0 Å². The maximum absolute atomic E-state index is 11.7. The molecule has 0 bridgehead atoms. The summed E-state index contributed by atoms with van der Waals surface area (Å²) in [5, 5.41) is 11.5. The summed E-state index contributed by atoms with van der Waals surface area (Å²) >= 11 is 3.36. The number of rotatable bonds is 5. The molecule has 0 spiro atoms. The van der Waals surface area contributed by atoms with Gasteiger partial charge in [0.25, 0.3) is 0 Å². The predicted octanol–water partition coefficient (Wildman–Crippen LogP) is 2.21. The molecule has 5 nitrogen and oxygen atoms in total. The van der Waals surface area contributed by atoms with Gasteiger partial charge in [-0.3, -0.25) is 4.79 Å². The van der Waals surface area contributed by atoms with Crippen LogP contribution in [0.5, 0.6) is 0 Å². The van der Waals surface area contributed by atoms with E-state index in [9.17, 15) is 9.59 Å². The second-order valence-corrected chi connectivity index (χ2v) is 5.71. The van der Waals surface area contributed by atoms with E-state index < -0.39 is 12.1 Å². The molecule has 2 rings (SSSR count). The third kappa shape index (κ3) is 4.99. The van der Waals surface area contributed by atoms with Gasteiger partial charge in [0.15, 0.2) is 6.10 Å². The van der Waals surface area contributed by atoms with Gasteiger partial charge in [0, 0.05) is 17.1 Å². The number of nitrogens with one attached hydrogen (secondary N) is 1. The lowest BCUT2D eigenvalue weighted by molar-refractivity contribution is -0.149. The molecule has 0 aromatic heterocycles. The van der Waals surface area contributed by atoms with Crippen molar-refractivity contribution in [1.82, 2.24) is 5.32 Å². The first-order chi connectivity index (χ1) is 10.0. The van der Waals surface area contributed by atoms with E-state index in [1.807, 2.05) is 24.3 Å². The van der Waals surface area contributed by atoms with Crippen LogP contribution in [0.4, 0.5) is 0 Å². The van der Waals surface area contributed by atoms with Crippen molar-refractivity contribution in [2.75, 3.05) is 6.54 Å². The summed E-state index contributed by atoms with van der Waals surface area (Å²) in [6.45, 7) is 0.325. The first kappa shape index (κ1) is 15.7. The van der Waals surface area contributed by atoms with Crippen molar-refractivity contribution in [3.63, 3.8) is 0 Å². The molecular formula is C15H16BrNO4. The summed E-state index contributed by atoms with van der Waals surface area (Å²) in [7, 11) is 0. The van der Waals surface area contributed by atoms with E-state index >= 15 is 0 Å². The number of amides is 1. The number of carbonyl (C=O) groups is 2. The van der Waals surface area contributed by atoms with Crippen LogP contribution in [0.2, 0.25) is 0 Å². The van der Waals surface area contributed by atoms with Gasteiger partial charge in [-0.1, -0.05) is 28.1 Å². The topological polar surface area (TPSA) is 75.6 Å². The number of carbonyl (C=O) groups excluding carboxylic acids is 1. The summed E-state index contributed by atoms with van der Waals surface area (Å²) in [6, 6.07) is 7.60. The Bertz CT molecular complexity index is 558. The van der Waals surface area contributed by atoms with Gasteiger partial charge in [-0.2, -0.15) is 0 Å². The average molecular weight is 354 g/mol. The molecular weight excluding hydrogens is 338 g/mol. The minimum Gasteiger partial charge on any atom is -0.479 e. The van der Waals surface area contributed by atoms with Gasteiger partial charge in [0.1, 0.15) is 0 Å². The highest BCUT2D eigenvalue weighted by Gasteiger charge is 2.30. The molecule has 1 saturated heterocycles. The van der Waals surface area contributed by atoms with Gasteiger partial charge in [0.2, 0.25) is 5.91 Å². The lowest BCUT2D eigenvalue weighted by Gasteiger charge is -2.11. The Hall–Kier alpha value is -1.66. The van der Waals surface area contributed by atoms with E-state index in [4.69, 9.17) is 9.84 Å². The number of ether oxygens (including phenoxy) is 1. The average Bonchev–Trinajstić information content (AvgIpc) is 2.92. The van der Waals surface area contributed by atoms with Crippen LogP contribution in [-0.2, 0) is 14.3 Å². The number of carboxylic acids is 1.